The van der Waals surface area contributed by atoms with Crippen LogP contribution in [0.15, 0.2) is 0 Å². The summed E-state index contributed by atoms with van der Waals surface area (Å²) in [6.07, 6.45) is 4.96. The van der Waals surface area contributed by atoms with Gasteiger partial charge in [-0.05, 0) is 24.2 Å². The molecule has 0 spiro atoms. The topological polar surface area (TPSA) is 41.1 Å². The lowest BCUT2D eigenvalue weighted by atomic mass is 9.69. The van der Waals surface area contributed by atoms with E-state index in [4.69, 9.17) is 0 Å². The van der Waals surface area contributed by atoms with E-state index in [0.717, 1.165) is 18.1 Å². The molecule has 0 radical (unpaired) electrons. The molecule has 2 aliphatic rings. The van der Waals surface area contributed by atoms with E-state index >= 15 is 0 Å². The van der Waals surface area contributed by atoms with Crippen molar-refractivity contribution < 1.29 is 4.79 Å². The Balaban J connectivity index is 1.94. The summed E-state index contributed by atoms with van der Waals surface area (Å²) in [5.74, 6) is 2.65. The molecule has 1 saturated heterocycles. The van der Waals surface area contributed by atoms with E-state index in [1.165, 1.54) is 19.3 Å². The number of thioether (sulfide) groups is 1. The quantitative estimate of drug-likeness (QED) is 0.809. The molecule has 4 heteroatoms. The highest BCUT2D eigenvalue weighted by atomic mass is 32.2. The first kappa shape index (κ1) is 14.2. The molecule has 2 fully saturated rings. The smallest absolute Gasteiger partial charge is 0.238 e. The van der Waals surface area contributed by atoms with E-state index in [1.807, 2.05) is 0 Å². The Morgan fingerprint density at radius 2 is 2.00 bits per heavy atom. The summed E-state index contributed by atoms with van der Waals surface area (Å²) in [6.45, 7) is 6.89. The molecule has 0 aromatic carbocycles. The molecule has 0 bridgehead atoms. The standard InChI is InChI=1S/C14H26N2OS/c1-14(2,3)10-6-4-5-7-11(10)16-13(17)12-8-18-9-15-12/h10-12,15H,4-9H2,1-3H3,(H,16,17). The van der Waals surface area contributed by atoms with Crippen LogP contribution in [-0.2, 0) is 4.79 Å². The van der Waals surface area contributed by atoms with Crippen molar-refractivity contribution in [3.8, 4) is 0 Å². The van der Waals surface area contributed by atoms with Crippen LogP contribution in [0.1, 0.15) is 46.5 Å². The summed E-state index contributed by atoms with van der Waals surface area (Å²) < 4.78 is 0. The summed E-state index contributed by atoms with van der Waals surface area (Å²) in [5, 5.41) is 6.55. The second-order valence-corrected chi connectivity index (χ2v) is 7.67. The summed E-state index contributed by atoms with van der Waals surface area (Å²) >= 11 is 1.81. The summed E-state index contributed by atoms with van der Waals surface area (Å²) in [6, 6.07) is 0.399. The zero-order valence-corrected chi connectivity index (χ0v) is 12.6. The first-order valence-electron chi connectivity index (χ1n) is 7.10. The van der Waals surface area contributed by atoms with Gasteiger partial charge in [-0.3, -0.25) is 10.1 Å². The van der Waals surface area contributed by atoms with Crippen molar-refractivity contribution in [2.75, 3.05) is 11.6 Å². The Morgan fingerprint density at radius 3 is 2.61 bits per heavy atom. The normalized spacial score (nSPS) is 33.4. The van der Waals surface area contributed by atoms with Crippen molar-refractivity contribution in [1.29, 1.82) is 0 Å². The third kappa shape index (κ3) is 3.41. The number of carbonyl (C=O) groups is 1. The first-order valence-corrected chi connectivity index (χ1v) is 8.25. The fourth-order valence-corrected chi connectivity index (χ4v) is 4.13. The Hall–Kier alpha value is -0.220. The van der Waals surface area contributed by atoms with Gasteiger partial charge in [-0.1, -0.05) is 33.6 Å². The Kier molecular flexibility index (Phi) is 4.59. The monoisotopic (exact) mass is 270 g/mol. The van der Waals surface area contributed by atoms with Gasteiger partial charge in [0.1, 0.15) is 0 Å². The van der Waals surface area contributed by atoms with Crippen LogP contribution in [0.5, 0.6) is 0 Å². The second kappa shape index (κ2) is 5.83. The van der Waals surface area contributed by atoms with Crippen molar-refractivity contribution in [1.82, 2.24) is 10.6 Å². The molecule has 3 nitrogen and oxygen atoms in total. The Labute approximate surface area is 115 Å². The predicted octanol–water partition coefficient (Wildman–Crippen LogP) is 2.37. The van der Waals surface area contributed by atoms with Gasteiger partial charge in [0.25, 0.3) is 0 Å². The van der Waals surface area contributed by atoms with E-state index in [1.54, 1.807) is 11.8 Å². The van der Waals surface area contributed by atoms with Crippen LogP contribution >= 0.6 is 11.8 Å². The van der Waals surface area contributed by atoms with E-state index in [2.05, 4.69) is 31.4 Å². The largest absolute Gasteiger partial charge is 0.352 e. The number of hydrogen-bond acceptors (Lipinski definition) is 3. The summed E-state index contributed by atoms with van der Waals surface area (Å²) in [5.41, 5.74) is 0.288. The minimum atomic E-state index is 0.0255. The van der Waals surface area contributed by atoms with Gasteiger partial charge in [-0.15, -0.1) is 11.8 Å². The number of amides is 1. The molecule has 1 aliphatic heterocycles. The van der Waals surface area contributed by atoms with Crippen molar-refractivity contribution in [2.24, 2.45) is 11.3 Å². The molecule has 1 saturated carbocycles. The number of carbonyl (C=O) groups excluding carboxylic acids is 1. The van der Waals surface area contributed by atoms with E-state index < -0.39 is 0 Å². The molecule has 3 unspecified atom stereocenters. The van der Waals surface area contributed by atoms with E-state index in [9.17, 15) is 4.79 Å². The van der Waals surface area contributed by atoms with E-state index in [0.29, 0.717) is 12.0 Å². The second-order valence-electron chi connectivity index (χ2n) is 6.64. The molecule has 3 atom stereocenters. The van der Waals surface area contributed by atoms with Gasteiger partial charge in [0.05, 0.1) is 6.04 Å². The van der Waals surface area contributed by atoms with Crippen molar-refractivity contribution in [2.45, 2.75) is 58.5 Å². The SMILES string of the molecule is CC(C)(C)C1CCCCC1NC(=O)C1CSCN1. The molecule has 2 N–H and O–H groups in total. The lowest BCUT2D eigenvalue weighted by Crippen LogP contribution is -2.52. The average Bonchev–Trinajstić information content (AvgIpc) is 2.81. The maximum atomic E-state index is 12.2. The minimum absolute atomic E-state index is 0.0255. The maximum Gasteiger partial charge on any atom is 0.238 e. The van der Waals surface area contributed by atoms with Crippen LogP contribution in [0.25, 0.3) is 0 Å². The van der Waals surface area contributed by atoms with Crippen LogP contribution in [0, 0.1) is 11.3 Å². The van der Waals surface area contributed by atoms with Crippen molar-refractivity contribution in [3.05, 3.63) is 0 Å². The van der Waals surface area contributed by atoms with Gasteiger partial charge in [0.2, 0.25) is 5.91 Å². The van der Waals surface area contributed by atoms with Crippen molar-refractivity contribution in [3.63, 3.8) is 0 Å². The first-order chi connectivity index (χ1) is 8.48. The maximum absolute atomic E-state index is 12.2. The lowest BCUT2D eigenvalue weighted by molar-refractivity contribution is -0.124. The Bertz CT molecular complexity index is 295. The predicted molar refractivity (Wildman–Crippen MR) is 77.6 cm³/mol. The van der Waals surface area contributed by atoms with Gasteiger partial charge in [0.15, 0.2) is 0 Å². The van der Waals surface area contributed by atoms with Gasteiger partial charge in [-0.2, -0.15) is 0 Å². The molecule has 2 rings (SSSR count). The van der Waals surface area contributed by atoms with Crippen LogP contribution < -0.4 is 10.6 Å². The van der Waals surface area contributed by atoms with Crippen LogP contribution in [0.2, 0.25) is 0 Å². The van der Waals surface area contributed by atoms with Crippen LogP contribution in [0.4, 0.5) is 0 Å². The third-order valence-electron chi connectivity index (χ3n) is 4.24. The summed E-state index contributed by atoms with van der Waals surface area (Å²) in [4.78, 5) is 12.2. The molecular formula is C14H26N2OS. The van der Waals surface area contributed by atoms with Gasteiger partial charge >= 0.3 is 0 Å². The lowest BCUT2D eigenvalue weighted by Gasteiger charge is -2.41. The molecule has 1 aliphatic carbocycles. The molecule has 1 heterocycles. The summed E-state index contributed by atoms with van der Waals surface area (Å²) in [7, 11) is 0. The highest BCUT2D eigenvalue weighted by Gasteiger charge is 2.36. The highest BCUT2D eigenvalue weighted by molar-refractivity contribution is 7.99. The average molecular weight is 270 g/mol. The zero-order chi connectivity index (χ0) is 13.2. The number of hydrogen-bond donors (Lipinski definition) is 2. The fraction of sp³-hybridized carbons (Fsp3) is 0.929. The van der Waals surface area contributed by atoms with Crippen LogP contribution in [-0.4, -0.2) is 29.6 Å². The third-order valence-corrected chi connectivity index (χ3v) is 5.18. The molecule has 18 heavy (non-hydrogen) atoms. The minimum Gasteiger partial charge on any atom is -0.352 e. The molecule has 0 aromatic rings. The highest BCUT2D eigenvalue weighted by Crippen LogP contribution is 2.38. The van der Waals surface area contributed by atoms with Crippen LogP contribution in [0.3, 0.4) is 0 Å². The van der Waals surface area contributed by atoms with E-state index in [-0.39, 0.29) is 17.4 Å². The molecular weight excluding hydrogens is 244 g/mol. The molecule has 0 aromatic heterocycles. The molecule has 1 amide bonds. The number of rotatable bonds is 2. The van der Waals surface area contributed by atoms with Crippen molar-refractivity contribution >= 4 is 17.7 Å². The van der Waals surface area contributed by atoms with Gasteiger partial charge in [-0.25, -0.2) is 0 Å². The number of nitrogens with one attached hydrogen (secondary N) is 2. The zero-order valence-electron chi connectivity index (χ0n) is 11.8. The van der Waals surface area contributed by atoms with Gasteiger partial charge < -0.3 is 5.32 Å². The molecule has 104 valence electrons. The van der Waals surface area contributed by atoms with Gasteiger partial charge in [0, 0.05) is 17.7 Å². The fourth-order valence-electron chi connectivity index (χ4n) is 3.19. The Morgan fingerprint density at radius 1 is 1.28 bits per heavy atom.